The number of amides is 1. The smallest absolute Gasteiger partial charge is 0.246 e. The van der Waals surface area contributed by atoms with Gasteiger partial charge in [-0.2, -0.15) is 4.98 Å². The maximum Gasteiger partial charge on any atom is 0.246 e. The van der Waals surface area contributed by atoms with Crippen molar-refractivity contribution in [2.24, 2.45) is 0 Å². The van der Waals surface area contributed by atoms with Crippen molar-refractivity contribution in [3.8, 4) is 11.4 Å². The van der Waals surface area contributed by atoms with E-state index in [0.29, 0.717) is 11.7 Å². The van der Waals surface area contributed by atoms with E-state index in [-0.39, 0.29) is 17.9 Å². The number of hydrogen-bond acceptors (Lipinski definition) is 4. The van der Waals surface area contributed by atoms with Gasteiger partial charge in [0.15, 0.2) is 0 Å². The zero-order chi connectivity index (χ0) is 21.0. The second-order valence-corrected chi connectivity index (χ2v) is 8.28. The lowest BCUT2D eigenvalue weighted by molar-refractivity contribution is -0.125. The molecule has 29 heavy (non-hydrogen) atoms. The van der Waals surface area contributed by atoms with E-state index in [4.69, 9.17) is 4.52 Å². The number of benzene rings is 2. The molecule has 0 radical (unpaired) electrons. The van der Waals surface area contributed by atoms with Crippen molar-refractivity contribution in [1.82, 2.24) is 15.0 Å². The van der Waals surface area contributed by atoms with Crippen LogP contribution < -0.4 is 0 Å². The molecule has 5 heteroatoms. The molecule has 0 unspecified atom stereocenters. The summed E-state index contributed by atoms with van der Waals surface area (Å²) in [5.41, 5.74) is 4.42. The van der Waals surface area contributed by atoms with Crippen LogP contribution in [0.25, 0.3) is 17.5 Å². The zero-order valence-corrected chi connectivity index (χ0v) is 17.6. The van der Waals surface area contributed by atoms with Crippen LogP contribution in [0.5, 0.6) is 0 Å². The molecule has 0 spiro atoms. The quantitative estimate of drug-likeness (QED) is 0.575. The Morgan fingerprint density at radius 2 is 1.72 bits per heavy atom. The summed E-state index contributed by atoms with van der Waals surface area (Å²) in [4.78, 5) is 18.3. The van der Waals surface area contributed by atoms with Gasteiger partial charge in [0, 0.05) is 18.7 Å². The maximum absolute atomic E-state index is 12.4. The Hall–Kier alpha value is -3.21. The molecule has 1 heterocycles. The Morgan fingerprint density at radius 1 is 1.07 bits per heavy atom. The van der Waals surface area contributed by atoms with Gasteiger partial charge in [0.1, 0.15) is 0 Å². The lowest BCUT2D eigenvalue weighted by atomic mass is 9.87. The molecule has 0 aliphatic heterocycles. The molecule has 1 aromatic heterocycles. The molecule has 0 fully saturated rings. The molecule has 1 amide bonds. The standard InChI is InChI=1S/C24H27N3O2/c1-17-6-11-19(12-7-17)23-25-21(29-26-23)16-27(5)22(28)15-10-18-8-13-20(14-9-18)24(2,3)4/h6-15H,16H2,1-5H3/b15-10+. The summed E-state index contributed by atoms with van der Waals surface area (Å²) in [6.45, 7) is 8.82. The fraction of sp³-hybridized carbons (Fsp3) is 0.292. The predicted octanol–water partition coefficient (Wildman–Crippen LogP) is 5.01. The van der Waals surface area contributed by atoms with Crippen LogP contribution >= 0.6 is 0 Å². The number of rotatable bonds is 5. The van der Waals surface area contributed by atoms with Crippen molar-refractivity contribution in [3.05, 3.63) is 77.2 Å². The van der Waals surface area contributed by atoms with Crippen molar-refractivity contribution in [2.45, 2.75) is 39.7 Å². The third kappa shape index (κ3) is 5.41. The first kappa shape index (κ1) is 20.5. The first-order valence-corrected chi connectivity index (χ1v) is 9.66. The van der Waals surface area contributed by atoms with Crippen LogP contribution in [0, 0.1) is 6.92 Å². The minimum Gasteiger partial charge on any atom is -0.337 e. The summed E-state index contributed by atoms with van der Waals surface area (Å²) < 4.78 is 5.30. The van der Waals surface area contributed by atoms with Crippen molar-refractivity contribution in [3.63, 3.8) is 0 Å². The van der Waals surface area contributed by atoms with Gasteiger partial charge in [-0.3, -0.25) is 4.79 Å². The number of aromatic nitrogens is 2. The fourth-order valence-electron chi connectivity index (χ4n) is 2.81. The van der Waals surface area contributed by atoms with Crippen molar-refractivity contribution in [1.29, 1.82) is 0 Å². The van der Waals surface area contributed by atoms with Crippen LogP contribution in [0.3, 0.4) is 0 Å². The summed E-state index contributed by atoms with van der Waals surface area (Å²) in [6.07, 6.45) is 3.38. The lowest BCUT2D eigenvalue weighted by Crippen LogP contribution is -2.24. The molecule has 0 saturated heterocycles. The number of likely N-dealkylation sites (N-methyl/N-ethyl adjacent to an activating group) is 1. The highest BCUT2D eigenvalue weighted by Gasteiger charge is 2.14. The van der Waals surface area contributed by atoms with Crippen molar-refractivity contribution in [2.75, 3.05) is 7.05 Å². The predicted molar refractivity (Wildman–Crippen MR) is 115 cm³/mol. The Balaban J connectivity index is 1.60. The van der Waals surface area contributed by atoms with Gasteiger partial charge in [0.25, 0.3) is 0 Å². The molecular formula is C24H27N3O2. The van der Waals surface area contributed by atoms with E-state index in [2.05, 4.69) is 43.0 Å². The molecular weight excluding hydrogens is 362 g/mol. The van der Waals surface area contributed by atoms with Gasteiger partial charge in [0.2, 0.25) is 17.6 Å². The van der Waals surface area contributed by atoms with Gasteiger partial charge in [-0.25, -0.2) is 0 Å². The first-order valence-electron chi connectivity index (χ1n) is 9.66. The second kappa shape index (κ2) is 8.43. The molecule has 5 nitrogen and oxygen atoms in total. The van der Waals surface area contributed by atoms with Crippen LogP contribution in [0.1, 0.15) is 43.4 Å². The van der Waals surface area contributed by atoms with Gasteiger partial charge in [-0.1, -0.05) is 80.0 Å². The molecule has 3 aromatic rings. The van der Waals surface area contributed by atoms with E-state index in [1.165, 1.54) is 11.1 Å². The van der Waals surface area contributed by atoms with Gasteiger partial charge < -0.3 is 9.42 Å². The van der Waals surface area contributed by atoms with E-state index in [1.54, 1.807) is 18.0 Å². The van der Waals surface area contributed by atoms with E-state index in [1.807, 2.05) is 49.4 Å². The highest BCUT2D eigenvalue weighted by molar-refractivity contribution is 5.91. The first-order chi connectivity index (χ1) is 13.7. The zero-order valence-electron chi connectivity index (χ0n) is 17.6. The summed E-state index contributed by atoms with van der Waals surface area (Å²) >= 11 is 0. The summed E-state index contributed by atoms with van der Waals surface area (Å²) in [7, 11) is 1.71. The molecule has 0 bridgehead atoms. The number of carbonyl (C=O) groups is 1. The molecule has 0 aliphatic rings. The highest BCUT2D eigenvalue weighted by Crippen LogP contribution is 2.22. The van der Waals surface area contributed by atoms with E-state index >= 15 is 0 Å². The molecule has 0 aliphatic carbocycles. The Bertz CT molecular complexity index is 994. The Labute approximate surface area is 172 Å². The van der Waals surface area contributed by atoms with Crippen LogP contribution in [0.4, 0.5) is 0 Å². The largest absolute Gasteiger partial charge is 0.337 e. The Kier molecular flexibility index (Phi) is 5.97. The van der Waals surface area contributed by atoms with Crippen molar-refractivity contribution >= 4 is 12.0 Å². The second-order valence-electron chi connectivity index (χ2n) is 8.28. The van der Waals surface area contributed by atoms with Gasteiger partial charge in [-0.05, 0) is 29.5 Å². The van der Waals surface area contributed by atoms with E-state index in [9.17, 15) is 4.79 Å². The summed E-state index contributed by atoms with van der Waals surface area (Å²) in [5, 5.41) is 4.01. The molecule has 150 valence electrons. The van der Waals surface area contributed by atoms with Crippen molar-refractivity contribution < 1.29 is 9.32 Å². The van der Waals surface area contributed by atoms with E-state index in [0.717, 1.165) is 11.1 Å². The minimum atomic E-state index is -0.125. The van der Waals surface area contributed by atoms with Gasteiger partial charge in [-0.15, -0.1) is 0 Å². The van der Waals surface area contributed by atoms with Crippen LogP contribution in [0.2, 0.25) is 0 Å². The van der Waals surface area contributed by atoms with Crippen LogP contribution in [0.15, 0.2) is 59.1 Å². The Morgan fingerprint density at radius 3 is 2.34 bits per heavy atom. The van der Waals surface area contributed by atoms with Crippen LogP contribution in [-0.4, -0.2) is 28.0 Å². The average molecular weight is 389 g/mol. The SMILES string of the molecule is Cc1ccc(-c2noc(CN(C)C(=O)/C=C/c3ccc(C(C)(C)C)cc3)n2)cc1. The summed E-state index contributed by atoms with van der Waals surface area (Å²) in [6, 6.07) is 16.1. The molecule has 0 N–H and O–H groups in total. The van der Waals surface area contributed by atoms with Gasteiger partial charge >= 0.3 is 0 Å². The number of aryl methyl sites for hydroxylation is 1. The minimum absolute atomic E-state index is 0.111. The average Bonchev–Trinajstić information content (AvgIpc) is 3.14. The molecule has 2 aromatic carbocycles. The summed E-state index contributed by atoms with van der Waals surface area (Å²) in [5.74, 6) is 0.801. The third-order valence-electron chi connectivity index (χ3n) is 4.72. The number of nitrogens with zero attached hydrogens (tertiary/aromatic N) is 3. The number of hydrogen-bond donors (Lipinski definition) is 0. The molecule has 0 atom stereocenters. The fourth-order valence-corrected chi connectivity index (χ4v) is 2.81. The lowest BCUT2D eigenvalue weighted by Gasteiger charge is -2.18. The molecule has 3 rings (SSSR count). The highest BCUT2D eigenvalue weighted by atomic mass is 16.5. The molecule has 0 saturated carbocycles. The normalized spacial score (nSPS) is 11.8. The van der Waals surface area contributed by atoms with Crippen LogP contribution in [-0.2, 0) is 16.8 Å². The third-order valence-corrected chi connectivity index (χ3v) is 4.72. The van der Waals surface area contributed by atoms with E-state index < -0.39 is 0 Å². The topological polar surface area (TPSA) is 59.2 Å². The van der Waals surface area contributed by atoms with Gasteiger partial charge in [0.05, 0.1) is 6.54 Å². The number of carbonyl (C=O) groups excluding carboxylic acids is 1. The maximum atomic E-state index is 12.4. The monoisotopic (exact) mass is 389 g/mol.